The van der Waals surface area contributed by atoms with Crippen LogP contribution < -0.4 is 0 Å². The van der Waals surface area contributed by atoms with E-state index in [0.717, 1.165) is 0 Å². The summed E-state index contributed by atoms with van der Waals surface area (Å²) in [5.41, 5.74) is -2.40. The summed E-state index contributed by atoms with van der Waals surface area (Å²) >= 11 is 0. The highest BCUT2D eigenvalue weighted by molar-refractivity contribution is 7.86. The van der Waals surface area contributed by atoms with Gasteiger partial charge >= 0.3 is 6.18 Å². The topological polar surface area (TPSA) is 54.4 Å². The van der Waals surface area contributed by atoms with Crippen LogP contribution in [0.4, 0.5) is 17.6 Å². The van der Waals surface area contributed by atoms with E-state index >= 15 is 0 Å². The fraction of sp³-hybridized carbons (Fsp3) is 1.00. The predicted octanol–water partition coefficient (Wildman–Crippen LogP) is 2.68. The van der Waals surface area contributed by atoms with Crippen LogP contribution in [0.25, 0.3) is 0 Å². The normalized spacial score (nSPS) is 15.3. The van der Waals surface area contributed by atoms with Crippen molar-refractivity contribution >= 4 is 10.1 Å². The van der Waals surface area contributed by atoms with E-state index in [1.807, 2.05) is 0 Å². The zero-order valence-corrected chi connectivity index (χ0v) is 8.61. The molecule has 0 heterocycles. The first-order chi connectivity index (χ1) is 6.63. The van der Waals surface area contributed by atoms with Crippen LogP contribution in [0.3, 0.4) is 0 Å². The monoisotopic (exact) mass is 252 g/mol. The standard InChI is InChI=1S/C7H12F4O3S/c8-6(15(12,13)14)4-2-1-3-5-7(9,10)11/h6H,1-5H2,(H,12,13,14). The van der Waals surface area contributed by atoms with Crippen LogP contribution in [0.5, 0.6) is 0 Å². The van der Waals surface area contributed by atoms with E-state index in [1.165, 1.54) is 0 Å². The third-order valence-electron chi connectivity index (χ3n) is 1.71. The van der Waals surface area contributed by atoms with Crippen molar-refractivity contribution in [2.45, 2.75) is 43.8 Å². The van der Waals surface area contributed by atoms with Crippen LogP contribution in [0, 0.1) is 0 Å². The highest BCUT2D eigenvalue weighted by Gasteiger charge is 2.26. The van der Waals surface area contributed by atoms with Crippen LogP contribution in [0.15, 0.2) is 0 Å². The van der Waals surface area contributed by atoms with Gasteiger partial charge in [0.05, 0.1) is 0 Å². The third-order valence-corrected chi connectivity index (χ3v) is 2.60. The highest BCUT2D eigenvalue weighted by atomic mass is 32.2. The molecule has 0 fully saturated rings. The summed E-state index contributed by atoms with van der Waals surface area (Å²) < 4.78 is 75.9. The Labute approximate surface area is 85.2 Å². The molecule has 0 aromatic rings. The molecule has 0 amide bonds. The molecule has 8 heteroatoms. The number of hydrogen-bond donors (Lipinski definition) is 1. The molecular weight excluding hydrogens is 240 g/mol. The second-order valence-corrected chi connectivity index (χ2v) is 4.68. The van der Waals surface area contributed by atoms with Crippen molar-refractivity contribution in [1.82, 2.24) is 0 Å². The van der Waals surface area contributed by atoms with E-state index in [-0.39, 0.29) is 19.3 Å². The lowest BCUT2D eigenvalue weighted by Crippen LogP contribution is -2.14. The van der Waals surface area contributed by atoms with Gasteiger partial charge in [-0.25, -0.2) is 4.39 Å². The molecule has 0 saturated heterocycles. The van der Waals surface area contributed by atoms with Gasteiger partial charge in [-0.2, -0.15) is 21.6 Å². The Balaban J connectivity index is 3.57. The molecular formula is C7H12F4O3S. The first kappa shape index (κ1) is 14.6. The molecule has 0 bridgehead atoms. The fourth-order valence-electron chi connectivity index (χ4n) is 0.956. The molecule has 0 aliphatic heterocycles. The molecule has 1 atom stereocenters. The van der Waals surface area contributed by atoms with Crippen molar-refractivity contribution in [2.24, 2.45) is 0 Å². The molecule has 0 spiro atoms. The number of halogens is 4. The maximum Gasteiger partial charge on any atom is 0.389 e. The van der Waals surface area contributed by atoms with Crippen molar-refractivity contribution in [2.75, 3.05) is 0 Å². The maximum atomic E-state index is 12.5. The molecule has 0 aliphatic carbocycles. The van der Waals surface area contributed by atoms with E-state index in [0.29, 0.717) is 0 Å². The van der Waals surface area contributed by atoms with Gasteiger partial charge in [0.25, 0.3) is 10.1 Å². The quantitative estimate of drug-likeness (QED) is 0.449. The van der Waals surface area contributed by atoms with E-state index in [4.69, 9.17) is 4.55 Å². The Kier molecular flexibility index (Phi) is 5.50. The summed E-state index contributed by atoms with van der Waals surface area (Å²) in [6.07, 6.45) is -5.77. The molecule has 0 rings (SSSR count). The van der Waals surface area contributed by atoms with Crippen LogP contribution in [-0.4, -0.2) is 24.7 Å². The number of alkyl halides is 4. The molecule has 0 saturated carbocycles. The SMILES string of the molecule is O=S(=O)(O)C(F)CCCCCC(F)(F)F. The predicted molar refractivity (Wildman–Crippen MR) is 45.6 cm³/mol. The average Bonchev–Trinajstić information content (AvgIpc) is 1.99. The second kappa shape index (κ2) is 5.64. The lowest BCUT2D eigenvalue weighted by molar-refractivity contribution is -0.135. The summed E-state index contributed by atoms with van der Waals surface area (Å²) in [4.78, 5) is 0. The van der Waals surface area contributed by atoms with E-state index in [1.54, 1.807) is 0 Å². The van der Waals surface area contributed by atoms with Crippen molar-refractivity contribution < 1.29 is 30.5 Å². The first-order valence-corrected chi connectivity index (χ1v) is 5.80. The minimum absolute atomic E-state index is 0.00294. The van der Waals surface area contributed by atoms with Crippen LogP contribution in [0.2, 0.25) is 0 Å². The smallest absolute Gasteiger partial charge is 0.283 e. The maximum absolute atomic E-state index is 12.5. The largest absolute Gasteiger partial charge is 0.389 e. The molecule has 15 heavy (non-hydrogen) atoms. The summed E-state index contributed by atoms with van der Waals surface area (Å²) in [6.45, 7) is 0. The molecule has 3 nitrogen and oxygen atoms in total. The van der Waals surface area contributed by atoms with Crippen molar-refractivity contribution in [3.05, 3.63) is 0 Å². The lowest BCUT2D eigenvalue weighted by Gasteiger charge is -2.06. The third kappa shape index (κ3) is 8.61. The molecule has 1 unspecified atom stereocenters. The summed E-state index contributed by atoms with van der Waals surface area (Å²) in [7, 11) is -4.71. The second-order valence-electron chi connectivity index (χ2n) is 3.14. The molecule has 0 aromatic heterocycles. The van der Waals surface area contributed by atoms with E-state index < -0.39 is 34.6 Å². The van der Waals surface area contributed by atoms with Crippen molar-refractivity contribution in [3.8, 4) is 0 Å². The number of rotatable bonds is 6. The Morgan fingerprint density at radius 3 is 2.07 bits per heavy atom. The molecule has 0 radical (unpaired) electrons. The lowest BCUT2D eigenvalue weighted by atomic mass is 10.1. The Morgan fingerprint density at radius 1 is 1.13 bits per heavy atom. The average molecular weight is 252 g/mol. The van der Waals surface area contributed by atoms with Crippen LogP contribution in [0.1, 0.15) is 32.1 Å². The zero-order chi connectivity index (χ0) is 12.1. The summed E-state index contributed by atoms with van der Waals surface area (Å²) in [5.74, 6) is 0. The Morgan fingerprint density at radius 2 is 1.67 bits per heavy atom. The van der Waals surface area contributed by atoms with E-state index in [9.17, 15) is 26.0 Å². The fourth-order valence-corrected chi connectivity index (χ4v) is 1.42. The Hall–Kier alpha value is -0.370. The highest BCUT2D eigenvalue weighted by Crippen LogP contribution is 2.23. The summed E-state index contributed by atoms with van der Waals surface area (Å²) in [6, 6.07) is 0. The van der Waals surface area contributed by atoms with Gasteiger partial charge in [-0.05, 0) is 19.3 Å². The first-order valence-electron chi connectivity index (χ1n) is 4.30. The van der Waals surface area contributed by atoms with Gasteiger partial charge in [0.1, 0.15) is 0 Å². The van der Waals surface area contributed by atoms with Gasteiger partial charge in [0.15, 0.2) is 0 Å². The number of hydrogen-bond acceptors (Lipinski definition) is 2. The van der Waals surface area contributed by atoms with Gasteiger partial charge in [-0.15, -0.1) is 0 Å². The van der Waals surface area contributed by atoms with Crippen LogP contribution >= 0.6 is 0 Å². The Bertz CT molecular complexity index is 272. The minimum atomic E-state index is -4.71. The molecule has 0 aromatic carbocycles. The van der Waals surface area contributed by atoms with Gasteiger partial charge in [0, 0.05) is 6.42 Å². The van der Waals surface area contributed by atoms with Gasteiger partial charge in [-0.1, -0.05) is 6.42 Å². The van der Waals surface area contributed by atoms with Gasteiger partial charge < -0.3 is 0 Å². The molecule has 1 N–H and O–H groups in total. The molecule has 0 aliphatic rings. The zero-order valence-electron chi connectivity index (χ0n) is 7.80. The molecule has 92 valence electrons. The van der Waals surface area contributed by atoms with Gasteiger partial charge in [0.2, 0.25) is 5.50 Å². The minimum Gasteiger partial charge on any atom is -0.283 e. The van der Waals surface area contributed by atoms with E-state index in [2.05, 4.69) is 0 Å². The summed E-state index contributed by atoms with van der Waals surface area (Å²) in [5, 5.41) is 0. The van der Waals surface area contributed by atoms with Crippen molar-refractivity contribution in [3.63, 3.8) is 0 Å². The van der Waals surface area contributed by atoms with Crippen molar-refractivity contribution in [1.29, 1.82) is 0 Å². The number of unbranched alkanes of at least 4 members (excludes halogenated alkanes) is 2. The van der Waals surface area contributed by atoms with Gasteiger partial charge in [-0.3, -0.25) is 4.55 Å². The van der Waals surface area contributed by atoms with Crippen LogP contribution in [-0.2, 0) is 10.1 Å².